The monoisotopic (exact) mass is 347 g/mol. The van der Waals surface area contributed by atoms with E-state index in [1.807, 2.05) is 32.9 Å². The molecule has 0 aliphatic heterocycles. The van der Waals surface area contributed by atoms with E-state index >= 15 is 0 Å². The van der Waals surface area contributed by atoms with E-state index in [9.17, 15) is 4.79 Å². The van der Waals surface area contributed by atoms with Crippen LogP contribution in [0.25, 0.3) is 0 Å². The first-order chi connectivity index (χ1) is 8.67. The van der Waals surface area contributed by atoms with Crippen molar-refractivity contribution in [3.63, 3.8) is 0 Å². The maximum Gasteiger partial charge on any atom is 0.412 e. The Morgan fingerprint density at radius 1 is 1.47 bits per heavy atom. The zero-order valence-corrected chi connectivity index (χ0v) is 13.9. The summed E-state index contributed by atoms with van der Waals surface area (Å²) in [6.45, 7) is 7.52. The standard InChI is InChI=1S/C14H19BrClNO2/c1-9(15)7-10-5-6-11(8-12(10)16)17-13(18)19-14(2,3)4/h5-6,8-9H,7H2,1-4H3,(H,17,18). The molecule has 0 aliphatic carbocycles. The fraction of sp³-hybridized carbons (Fsp3) is 0.500. The molecule has 5 heteroatoms. The van der Waals surface area contributed by atoms with Crippen LogP contribution in [0, 0.1) is 0 Å². The Morgan fingerprint density at radius 2 is 2.11 bits per heavy atom. The number of rotatable bonds is 3. The van der Waals surface area contributed by atoms with Crippen LogP contribution in [-0.2, 0) is 11.2 Å². The zero-order valence-electron chi connectivity index (χ0n) is 11.6. The molecule has 0 aliphatic rings. The molecule has 0 spiro atoms. The molecule has 3 nitrogen and oxygen atoms in total. The van der Waals surface area contributed by atoms with E-state index in [-0.39, 0.29) is 0 Å². The van der Waals surface area contributed by atoms with Crippen LogP contribution >= 0.6 is 27.5 Å². The van der Waals surface area contributed by atoms with Crippen LogP contribution in [0.1, 0.15) is 33.3 Å². The normalized spacial score (nSPS) is 12.9. The Kier molecular flexibility index (Phi) is 5.68. The molecule has 1 aromatic rings. The first kappa shape index (κ1) is 16.3. The molecule has 0 bridgehead atoms. The number of nitrogens with one attached hydrogen (secondary N) is 1. The third-order valence-electron chi connectivity index (χ3n) is 2.20. The van der Waals surface area contributed by atoms with Gasteiger partial charge in [-0.1, -0.05) is 40.5 Å². The number of amides is 1. The molecule has 1 N–H and O–H groups in total. The van der Waals surface area contributed by atoms with Gasteiger partial charge in [-0.2, -0.15) is 0 Å². The van der Waals surface area contributed by atoms with E-state index in [1.165, 1.54) is 0 Å². The maximum absolute atomic E-state index is 11.6. The minimum absolute atomic E-state index is 0.356. The number of hydrogen-bond acceptors (Lipinski definition) is 2. The Bertz CT molecular complexity index is 455. The molecule has 0 saturated heterocycles. The highest BCUT2D eigenvalue weighted by atomic mass is 79.9. The number of ether oxygens (including phenoxy) is 1. The lowest BCUT2D eigenvalue weighted by molar-refractivity contribution is 0.0636. The molecule has 1 aromatic carbocycles. The van der Waals surface area contributed by atoms with Crippen molar-refractivity contribution in [3.8, 4) is 0 Å². The van der Waals surface area contributed by atoms with E-state index in [2.05, 4.69) is 28.2 Å². The van der Waals surface area contributed by atoms with Crippen LogP contribution in [0.15, 0.2) is 18.2 Å². The first-order valence-electron chi connectivity index (χ1n) is 6.10. The summed E-state index contributed by atoms with van der Waals surface area (Å²) in [5, 5.41) is 3.30. The van der Waals surface area contributed by atoms with Crippen LogP contribution < -0.4 is 5.32 Å². The predicted molar refractivity (Wildman–Crippen MR) is 83.4 cm³/mol. The SMILES string of the molecule is CC(Br)Cc1ccc(NC(=O)OC(C)(C)C)cc1Cl. The van der Waals surface area contributed by atoms with Gasteiger partial charge in [0, 0.05) is 15.5 Å². The van der Waals surface area contributed by atoms with E-state index in [0.29, 0.717) is 15.5 Å². The molecule has 0 saturated carbocycles. The largest absolute Gasteiger partial charge is 0.444 e. The summed E-state index contributed by atoms with van der Waals surface area (Å²) in [6, 6.07) is 5.46. The van der Waals surface area contributed by atoms with Crippen LogP contribution in [0.2, 0.25) is 5.02 Å². The van der Waals surface area contributed by atoms with Gasteiger partial charge < -0.3 is 4.74 Å². The smallest absolute Gasteiger partial charge is 0.412 e. The average Bonchev–Trinajstić information content (AvgIpc) is 2.18. The van der Waals surface area contributed by atoms with Crippen molar-refractivity contribution < 1.29 is 9.53 Å². The van der Waals surface area contributed by atoms with Crippen molar-refractivity contribution in [2.24, 2.45) is 0 Å². The van der Waals surface area contributed by atoms with Crippen molar-refractivity contribution in [1.82, 2.24) is 0 Å². The highest BCUT2D eigenvalue weighted by Gasteiger charge is 2.16. The van der Waals surface area contributed by atoms with Gasteiger partial charge in [0.15, 0.2) is 0 Å². The number of benzene rings is 1. The van der Waals surface area contributed by atoms with Crippen LogP contribution in [0.3, 0.4) is 0 Å². The van der Waals surface area contributed by atoms with Crippen LogP contribution in [0.4, 0.5) is 10.5 Å². The van der Waals surface area contributed by atoms with Gasteiger partial charge in [0.25, 0.3) is 0 Å². The van der Waals surface area contributed by atoms with Crippen molar-refractivity contribution in [2.45, 2.75) is 44.5 Å². The van der Waals surface area contributed by atoms with Gasteiger partial charge >= 0.3 is 6.09 Å². The average molecular weight is 349 g/mol. The van der Waals surface area contributed by atoms with E-state index in [0.717, 1.165) is 12.0 Å². The van der Waals surface area contributed by atoms with Gasteiger partial charge in [-0.15, -0.1) is 0 Å². The lowest BCUT2D eigenvalue weighted by Gasteiger charge is -2.19. The second-order valence-electron chi connectivity index (χ2n) is 5.42. The summed E-state index contributed by atoms with van der Waals surface area (Å²) >= 11 is 9.67. The third kappa shape index (κ3) is 6.30. The number of anilines is 1. The second kappa shape index (κ2) is 6.62. The summed E-state index contributed by atoms with van der Waals surface area (Å²) in [6.07, 6.45) is 0.358. The molecule has 106 valence electrons. The minimum Gasteiger partial charge on any atom is -0.444 e. The summed E-state index contributed by atoms with van der Waals surface area (Å²) in [5.41, 5.74) is 1.16. The zero-order chi connectivity index (χ0) is 14.6. The number of carbonyl (C=O) groups excluding carboxylic acids is 1. The highest BCUT2D eigenvalue weighted by molar-refractivity contribution is 9.09. The summed E-state index contributed by atoms with van der Waals surface area (Å²) < 4.78 is 5.18. The van der Waals surface area contributed by atoms with Crippen LogP contribution in [-0.4, -0.2) is 16.5 Å². The fourth-order valence-corrected chi connectivity index (χ4v) is 2.12. The molecular weight excluding hydrogens is 330 g/mol. The van der Waals surface area contributed by atoms with Gasteiger partial charge in [-0.05, 0) is 44.9 Å². The maximum atomic E-state index is 11.6. The molecule has 0 heterocycles. The molecule has 1 amide bonds. The summed E-state index contributed by atoms with van der Waals surface area (Å²) in [5.74, 6) is 0. The first-order valence-corrected chi connectivity index (χ1v) is 7.39. The number of hydrogen-bond donors (Lipinski definition) is 1. The molecule has 1 unspecified atom stereocenters. The quantitative estimate of drug-likeness (QED) is 0.779. The van der Waals surface area contributed by atoms with E-state index in [1.54, 1.807) is 6.07 Å². The molecule has 0 radical (unpaired) electrons. The summed E-state index contributed by atoms with van der Waals surface area (Å²) in [7, 11) is 0. The van der Waals surface area contributed by atoms with E-state index in [4.69, 9.17) is 16.3 Å². The van der Waals surface area contributed by atoms with Gasteiger partial charge in [0.2, 0.25) is 0 Å². The molecular formula is C14H19BrClNO2. The topological polar surface area (TPSA) is 38.3 Å². The van der Waals surface area contributed by atoms with Crippen molar-refractivity contribution in [3.05, 3.63) is 28.8 Å². The lowest BCUT2D eigenvalue weighted by atomic mass is 10.1. The highest BCUT2D eigenvalue weighted by Crippen LogP contribution is 2.24. The predicted octanol–water partition coefficient (Wildman–Crippen LogP) is 5.01. The molecule has 1 rings (SSSR count). The fourth-order valence-electron chi connectivity index (χ4n) is 1.52. The molecule has 19 heavy (non-hydrogen) atoms. The number of halogens is 2. The van der Waals surface area contributed by atoms with Gasteiger partial charge in [0.1, 0.15) is 5.60 Å². The Morgan fingerprint density at radius 3 is 2.58 bits per heavy atom. The number of carbonyl (C=O) groups is 1. The Hall–Kier alpha value is -0.740. The van der Waals surface area contributed by atoms with Crippen molar-refractivity contribution >= 4 is 39.3 Å². The Balaban J connectivity index is 2.71. The number of alkyl halides is 1. The minimum atomic E-state index is -0.515. The van der Waals surface area contributed by atoms with E-state index < -0.39 is 11.7 Å². The van der Waals surface area contributed by atoms with Gasteiger partial charge in [-0.3, -0.25) is 5.32 Å². The van der Waals surface area contributed by atoms with Crippen molar-refractivity contribution in [1.29, 1.82) is 0 Å². The van der Waals surface area contributed by atoms with Gasteiger partial charge in [-0.25, -0.2) is 4.79 Å². The molecule has 1 atom stereocenters. The lowest BCUT2D eigenvalue weighted by Crippen LogP contribution is -2.27. The molecule has 0 fully saturated rings. The third-order valence-corrected chi connectivity index (χ3v) is 2.88. The van der Waals surface area contributed by atoms with Crippen LogP contribution in [0.5, 0.6) is 0 Å². The summed E-state index contributed by atoms with van der Waals surface area (Å²) in [4.78, 5) is 12.0. The van der Waals surface area contributed by atoms with Gasteiger partial charge in [0.05, 0.1) is 0 Å². The molecule has 0 aromatic heterocycles. The second-order valence-corrected chi connectivity index (χ2v) is 7.39. The van der Waals surface area contributed by atoms with Crippen molar-refractivity contribution in [2.75, 3.05) is 5.32 Å². The Labute approximate surface area is 127 Å².